The maximum absolute atomic E-state index is 10.3. The maximum Gasteiger partial charge on any atom is 0.317 e. The van der Waals surface area contributed by atoms with Crippen LogP contribution in [0.2, 0.25) is 0 Å². The van der Waals surface area contributed by atoms with Crippen LogP contribution in [0.1, 0.15) is 96.8 Å². The van der Waals surface area contributed by atoms with E-state index in [2.05, 4.69) is 22.9 Å². The third kappa shape index (κ3) is 25.3. The Bertz CT molecular complexity index is 301. The molecule has 4 N–H and O–H groups in total. The molecule has 162 valence electrons. The summed E-state index contributed by atoms with van der Waals surface area (Å²) in [5, 5.41) is 18.1. The Morgan fingerprint density at radius 3 is 1.37 bits per heavy atom. The van der Waals surface area contributed by atoms with Gasteiger partial charge in [-0.15, -0.1) is 0 Å². The fraction of sp³-hybridized carbons (Fsp3) is 0.955. The Morgan fingerprint density at radius 1 is 0.556 bits per heavy atom. The first-order valence-electron chi connectivity index (χ1n) is 11.6. The second-order valence-electron chi connectivity index (χ2n) is 7.67. The molecule has 0 aliphatic heterocycles. The van der Waals surface area contributed by atoms with E-state index in [-0.39, 0.29) is 6.54 Å². The highest BCUT2D eigenvalue weighted by molar-refractivity contribution is 5.68. The van der Waals surface area contributed by atoms with Gasteiger partial charge in [0.2, 0.25) is 0 Å². The number of rotatable bonds is 23. The molecule has 0 aromatic carbocycles. The predicted molar refractivity (Wildman–Crippen MR) is 117 cm³/mol. The van der Waals surface area contributed by atoms with Crippen molar-refractivity contribution in [3.05, 3.63) is 0 Å². The molecule has 0 amide bonds. The number of carboxylic acid groups (broad SMARTS) is 1. The number of unbranched alkanes of at least 4 members (excludes halogenated alkanes) is 13. The number of aliphatic carboxylic acids is 1. The third-order valence-corrected chi connectivity index (χ3v) is 4.94. The molecule has 0 aliphatic carbocycles. The molecule has 0 spiro atoms. The Labute approximate surface area is 168 Å². The molecule has 0 atom stereocenters. The summed E-state index contributed by atoms with van der Waals surface area (Å²) in [7, 11) is 0. The SMILES string of the molecule is CCCCCCCCCCCCCCCCNCCNCCNCC(=O)O. The van der Waals surface area contributed by atoms with E-state index in [0.717, 1.165) is 26.2 Å². The Hall–Kier alpha value is -0.650. The maximum atomic E-state index is 10.3. The van der Waals surface area contributed by atoms with E-state index in [1.807, 2.05) is 0 Å². The van der Waals surface area contributed by atoms with Crippen LogP contribution >= 0.6 is 0 Å². The fourth-order valence-corrected chi connectivity index (χ4v) is 3.24. The van der Waals surface area contributed by atoms with E-state index in [4.69, 9.17) is 5.11 Å². The van der Waals surface area contributed by atoms with Crippen LogP contribution in [-0.2, 0) is 4.79 Å². The van der Waals surface area contributed by atoms with Crippen LogP contribution in [0.4, 0.5) is 0 Å². The molecule has 0 unspecified atom stereocenters. The highest BCUT2D eigenvalue weighted by Gasteiger charge is 1.95. The van der Waals surface area contributed by atoms with Gasteiger partial charge in [0.15, 0.2) is 0 Å². The fourth-order valence-electron chi connectivity index (χ4n) is 3.24. The van der Waals surface area contributed by atoms with E-state index in [0.29, 0.717) is 6.54 Å². The largest absolute Gasteiger partial charge is 0.480 e. The standard InChI is InChI=1S/C22H47N3O2/c1-2-3-4-5-6-7-8-9-10-11-12-13-14-15-16-23-17-18-24-19-20-25-21-22(26)27/h23-25H,2-21H2,1H3,(H,26,27). The smallest absolute Gasteiger partial charge is 0.317 e. The molecule has 0 aromatic rings. The lowest BCUT2D eigenvalue weighted by molar-refractivity contribution is -0.135. The average Bonchev–Trinajstić information content (AvgIpc) is 2.65. The molecule has 0 bridgehead atoms. The van der Waals surface area contributed by atoms with Gasteiger partial charge in [-0.1, -0.05) is 90.4 Å². The summed E-state index contributed by atoms with van der Waals surface area (Å²) >= 11 is 0. The predicted octanol–water partition coefficient (Wildman–Crippen LogP) is 4.32. The minimum Gasteiger partial charge on any atom is -0.480 e. The van der Waals surface area contributed by atoms with Crippen LogP contribution in [0.3, 0.4) is 0 Å². The van der Waals surface area contributed by atoms with Gasteiger partial charge in [-0.2, -0.15) is 0 Å². The number of nitrogens with one attached hydrogen (secondary N) is 3. The van der Waals surface area contributed by atoms with Crippen molar-refractivity contribution in [1.29, 1.82) is 0 Å². The molecule has 0 aliphatic rings. The monoisotopic (exact) mass is 385 g/mol. The zero-order chi connectivity index (χ0) is 19.8. The van der Waals surface area contributed by atoms with Gasteiger partial charge in [-0.25, -0.2) is 0 Å². The topological polar surface area (TPSA) is 73.4 Å². The van der Waals surface area contributed by atoms with Crippen LogP contribution < -0.4 is 16.0 Å². The summed E-state index contributed by atoms with van der Waals surface area (Å²) in [5.41, 5.74) is 0. The van der Waals surface area contributed by atoms with Crippen molar-refractivity contribution in [2.45, 2.75) is 96.8 Å². The molecule has 0 rings (SSSR count). The molecule has 27 heavy (non-hydrogen) atoms. The Morgan fingerprint density at radius 2 is 0.926 bits per heavy atom. The Balaban J connectivity index is 2.98. The van der Waals surface area contributed by atoms with Gasteiger partial charge >= 0.3 is 5.97 Å². The van der Waals surface area contributed by atoms with Crippen LogP contribution in [-0.4, -0.2) is 50.3 Å². The third-order valence-electron chi connectivity index (χ3n) is 4.94. The highest BCUT2D eigenvalue weighted by Crippen LogP contribution is 2.12. The van der Waals surface area contributed by atoms with Crippen molar-refractivity contribution in [2.75, 3.05) is 39.3 Å². The Kier molecular flexibility index (Phi) is 22.8. The molecule has 0 saturated heterocycles. The number of carboxylic acids is 1. The van der Waals surface area contributed by atoms with Crippen LogP contribution in [0, 0.1) is 0 Å². The first-order valence-corrected chi connectivity index (χ1v) is 11.6. The zero-order valence-electron chi connectivity index (χ0n) is 18.0. The summed E-state index contributed by atoms with van der Waals surface area (Å²) < 4.78 is 0. The van der Waals surface area contributed by atoms with Gasteiger partial charge in [0.05, 0.1) is 6.54 Å². The molecular formula is C22H47N3O2. The second-order valence-corrected chi connectivity index (χ2v) is 7.67. The second kappa shape index (κ2) is 23.4. The van der Waals surface area contributed by atoms with Crippen molar-refractivity contribution in [2.24, 2.45) is 0 Å². The first-order chi connectivity index (χ1) is 13.3. The summed E-state index contributed by atoms with van der Waals surface area (Å²) in [6.07, 6.45) is 19.7. The van der Waals surface area contributed by atoms with E-state index < -0.39 is 5.97 Å². The highest BCUT2D eigenvalue weighted by atomic mass is 16.4. The van der Waals surface area contributed by atoms with Crippen molar-refractivity contribution in [1.82, 2.24) is 16.0 Å². The lowest BCUT2D eigenvalue weighted by Crippen LogP contribution is -2.34. The first kappa shape index (κ1) is 26.4. The molecule has 5 nitrogen and oxygen atoms in total. The number of carbonyl (C=O) groups is 1. The van der Waals surface area contributed by atoms with Crippen molar-refractivity contribution >= 4 is 5.97 Å². The molecule has 0 saturated carbocycles. The summed E-state index contributed by atoms with van der Waals surface area (Å²) in [5.74, 6) is -0.801. The van der Waals surface area contributed by atoms with Gasteiger partial charge in [0.25, 0.3) is 0 Å². The molecule has 0 fully saturated rings. The molecule has 0 heterocycles. The van der Waals surface area contributed by atoms with Crippen molar-refractivity contribution in [3.8, 4) is 0 Å². The number of hydrogen-bond acceptors (Lipinski definition) is 4. The zero-order valence-corrected chi connectivity index (χ0v) is 18.0. The number of hydrogen-bond donors (Lipinski definition) is 4. The van der Waals surface area contributed by atoms with Gasteiger partial charge in [-0.05, 0) is 13.0 Å². The van der Waals surface area contributed by atoms with E-state index >= 15 is 0 Å². The molecule has 0 radical (unpaired) electrons. The normalized spacial score (nSPS) is 11.1. The summed E-state index contributed by atoms with van der Waals surface area (Å²) in [4.78, 5) is 10.3. The van der Waals surface area contributed by atoms with Crippen LogP contribution in [0.25, 0.3) is 0 Å². The molecular weight excluding hydrogens is 338 g/mol. The van der Waals surface area contributed by atoms with Gasteiger partial charge in [-0.3, -0.25) is 4.79 Å². The lowest BCUT2D eigenvalue weighted by Gasteiger charge is -2.07. The van der Waals surface area contributed by atoms with E-state index in [1.54, 1.807) is 0 Å². The van der Waals surface area contributed by atoms with Gasteiger partial charge < -0.3 is 21.1 Å². The molecule has 0 aromatic heterocycles. The summed E-state index contributed by atoms with van der Waals surface area (Å²) in [6.45, 7) is 6.86. The minimum absolute atomic E-state index is 0.0407. The van der Waals surface area contributed by atoms with Gasteiger partial charge in [0, 0.05) is 26.2 Å². The van der Waals surface area contributed by atoms with Crippen LogP contribution in [0.5, 0.6) is 0 Å². The van der Waals surface area contributed by atoms with E-state index in [1.165, 1.54) is 89.9 Å². The van der Waals surface area contributed by atoms with Gasteiger partial charge in [0.1, 0.15) is 0 Å². The molecule has 5 heteroatoms. The lowest BCUT2D eigenvalue weighted by atomic mass is 10.0. The quantitative estimate of drug-likeness (QED) is 0.197. The van der Waals surface area contributed by atoms with E-state index in [9.17, 15) is 4.79 Å². The van der Waals surface area contributed by atoms with Crippen LogP contribution in [0.15, 0.2) is 0 Å². The minimum atomic E-state index is -0.801. The average molecular weight is 386 g/mol. The summed E-state index contributed by atoms with van der Waals surface area (Å²) in [6, 6.07) is 0. The van der Waals surface area contributed by atoms with Crippen molar-refractivity contribution < 1.29 is 9.90 Å². The van der Waals surface area contributed by atoms with Crippen molar-refractivity contribution in [3.63, 3.8) is 0 Å².